The molecular formula is C13H20N2O2S. The number of aryl methyl sites for hydroxylation is 1. The molecular weight excluding hydrogens is 248 g/mol. The molecule has 1 N–H and O–H groups in total. The van der Waals surface area contributed by atoms with Gasteiger partial charge in [-0.3, -0.25) is 0 Å². The van der Waals surface area contributed by atoms with Crippen molar-refractivity contribution in [2.75, 3.05) is 12.4 Å². The van der Waals surface area contributed by atoms with Crippen molar-refractivity contribution in [1.82, 2.24) is 4.98 Å². The highest BCUT2D eigenvalue weighted by atomic mass is 32.1. The Morgan fingerprint density at radius 2 is 2.06 bits per heavy atom. The van der Waals surface area contributed by atoms with E-state index in [1.54, 1.807) is 0 Å². The van der Waals surface area contributed by atoms with Crippen molar-refractivity contribution in [2.45, 2.75) is 51.5 Å². The summed E-state index contributed by atoms with van der Waals surface area (Å²) in [5.41, 5.74) is 0.556. The minimum Gasteiger partial charge on any atom is -0.464 e. The third kappa shape index (κ3) is 2.83. The summed E-state index contributed by atoms with van der Waals surface area (Å²) in [5, 5.41) is 4.33. The van der Waals surface area contributed by atoms with Crippen LogP contribution in [0.3, 0.4) is 0 Å². The van der Waals surface area contributed by atoms with Crippen LogP contribution >= 0.6 is 11.3 Å². The SMILES string of the molecule is COC(=O)c1nc(NC2(C)CCCCC2)sc1C. The lowest BCUT2D eigenvalue weighted by Crippen LogP contribution is -2.36. The lowest BCUT2D eigenvalue weighted by Gasteiger charge is -2.34. The van der Waals surface area contributed by atoms with Gasteiger partial charge < -0.3 is 10.1 Å². The highest BCUT2D eigenvalue weighted by molar-refractivity contribution is 7.15. The molecule has 0 bridgehead atoms. The van der Waals surface area contributed by atoms with Crippen LogP contribution in [0.5, 0.6) is 0 Å². The van der Waals surface area contributed by atoms with E-state index in [2.05, 4.69) is 17.2 Å². The van der Waals surface area contributed by atoms with Crippen LogP contribution in [0, 0.1) is 6.92 Å². The molecule has 0 amide bonds. The summed E-state index contributed by atoms with van der Waals surface area (Å²) < 4.78 is 4.72. The molecule has 18 heavy (non-hydrogen) atoms. The number of hydrogen-bond donors (Lipinski definition) is 1. The fourth-order valence-corrected chi connectivity index (χ4v) is 3.40. The zero-order chi connectivity index (χ0) is 13.2. The van der Waals surface area contributed by atoms with Gasteiger partial charge in [0.15, 0.2) is 10.8 Å². The topological polar surface area (TPSA) is 51.2 Å². The maximum absolute atomic E-state index is 11.5. The molecule has 0 unspecified atom stereocenters. The summed E-state index contributed by atoms with van der Waals surface area (Å²) in [6, 6.07) is 0. The Kier molecular flexibility index (Phi) is 3.90. The summed E-state index contributed by atoms with van der Waals surface area (Å²) in [6.07, 6.45) is 6.18. The first-order valence-electron chi connectivity index (χ1n) is 6.38. The van der Waals surface area contributed by atoms with Crippen LogP contribution in [0.1, 0.15) is 54.4 Å². The smallest absolute Gasteiger partial charge is 0.357 e. The first-order valence-corrected chi connectivity index (χ1v) is 7.20. The van der Waals surface area contributed by atoms with Gasteiger partial charge in [-0.15, -0.1) is 11.3 Å². The molecule has 1 aliphatic carbocycles. The lowest BCUT2D eigenvalue weighted by molar-refractivity contribution is 0.0594. The molecule has 0 saturated heterocycles. The molecule has 0 aliphatic heterocycles. The zero-order valence-corrected chi connectivity index (χ0v) is 12.0. The largest absolute Gasteiger partial charge is 0.464 e. The van der Waals surface area contributed by atoms with Crippen molar-refractivity contribution in [3.05, 3.63) is 10.6 Å². The standard InChI is InChI=1S/C13H20N2O2S/c1-9-10(11(16)17-3)14-12(18-9)15-13(2)7-5-4-6-8-13/h4-8H2,1-3H3,(H,14,15). The van der Waals surface area contributed by atoms with Crippen molar-refractivity contribution in [3.63, 3.8) is 0 Å². The van der Waals surface area contributed by atoms with Gasteiger partial charge in [0.05, 0.1) is 7.11 Å². The number of thiazole rings is 1. The third-order valence-corrected chi connectivity index (χ3v) is 4.43. The molecule has 0 aromatic carbocycles. The highest BCUT2D eigenvalue weighted by Crippen LogP contribution is 2.33. The van der Waals surface area contributed by atoms with Crippen molar-refractivity contribution in [3.8, 4) is 0 Å². The predicted octanol–water partition coefficient (Wildman–Crippen LogP) is 3.37. The maximum atomic E-state index is 11.5. The molecule has 0 radical (unpaired) electrons. The minimum absolute atomic E-state index is 0.121. The van der Waals surface area contributed by atoms with Crippen molar-refractivity contribution in [1.29, 1.82) is 0 Å². The summed E-state index contributed by atoms with van der Waals surface area (Å²) >= 11 is 1.53. The molecule has 2 rings (SSSR count). The van der Waals surface area contributed by atoms with E-state index in [0.29, 0.717) is 5.69 Å². The number of esters is 1. The Balaban J connectivity index is 2.12. The molecule has 5 heteroatoms. The van der Waals surface area contributed by atoms with Crippen molar-refractivity contribution < 1.29 is 9.53 Å². The molecule has 1 heterocycles. The van der Waals surface area contributed by atoms with Gasteiger partial charge in [0, 0.05) is 10.4 Å². The van der Waals surface area contributed by atoms with Gasteiger partial charge in [-0.2, -0.15) is 0 Å². The zero-order valence-electron chi connectivity index (χ0n) is 11.2. The normalized spacial score (nSPS) is 18.4. The first kappa shape index (κ1) is 13.3. The Morgan fingerprint density at radius 1 is 1.39 bits per heavy atom. The molecule has 4 nitrogen and oxygen atoms in total. The number of aromatic nitrogens is 1. The van der Waals surface area contributed by atoms with Gasteiger partial charge in [-0.1, -0.05) is 19.3 Å². The molecule has 0 spiro atoms. The van der Waals surface area contributed by atoms with Crippen LogP contribution in [0.4, 0.5) is 5.13 Å². The van der Waals surface area contributed by atoms with E-state index < -0.39 is 0 Å². The van der Waals surface area contributed by atoms with Gasteiger partial charge in [0.2, 0.25) is 0 Å². The van der Waals surface area contributed by atoms with E-state index in [-0.39, 0.29) is 11.5 Å². The number of rotatable bonds is 3. The van der Waals surface area contributed by atoms with Gasteiger partial charge in [0.1, 0.15) is 0 Å². The van der Waals surface area contributed by atoms with Gasteiger partial charge in [0.25, 0.3) is 0 Å². The molecule has 1 saturated carbocycles. The van der Waals surface area contributed by atoms with Crippen LogP contribution in [0.15, 0.2) is 0 Å². The van der Waals surface area contributed by atoms with E-state index in [4.69, 9.17) is 4.74 Å². The maximum Gasteiger partial charge on any atom is 0.357 e. The van der Waals surface area contributed by atoms with Crippen LogP contribution in [-0.2, 0) is 4.74 Å². The van der Waals surface area contributed by atoms with Crippen LogP contribution in [-0.4, -0.2) is 23.6 Å². The Hall–Kier alpha value is -1.10. The number of methoxy groups -OCH3 is 1. The first-order chi connectivity index (χ1) is 8.54. The number of anilines is 1. The molecule has 1 aromatic heterocycles. The van der Waals surface area contributed by atoms with E-state index in [1.807, 2.05) is 6.92 Å². The highest BCUT2D eigenvalue weighted by Gasteiger charge is 2.28. The number of hydrogen-bond acceptors (Lipinski definition) is 5. The number of carbonyl (C=O) groups excluding carboxylic acids is 1. The average molecular weight is 268 g/mol. The quantitative estimate of drug-likeness (QED) is 0.854. The number of carbonyl (C=O) groups is 1. The lowest BCUT2D eigenvalue weighted by atomic mass is 9.83. The second kappa shape index (κ2) is 5.26. The summed E-state index contributed by atoms with van der Waals surface area (Å²) in [4.78, 5) is 16.8. The number of nitrogens with one attached hydrogen (secondary N) is 1. The fourth-order valence-electron chi connectivity index (χ4n) is 2.45. The van der Waals surface area contributed by atoms with Crippen molar-refractivity contribution >= 4 is 22.4 Å². The minimum atomic E-state index is -0.356. The van der Waals surface area contributed by atoms with Crippen LogP contribution in [0.25, 0.3) is 0 Å². The van der Waals surface area contributed by atoms with E-state index in [0.717, 1.165) is 10.0 Å². The fraction of sp³-hybridized carbons (Fsp3) is 0.692. The Labute approximate surface area is 112 Å². The Bertz CT molecular complexity index is 436. The monoisotopic (exact) mass is 268 g/mol. The molecule has 1 aromatic rings. The van der Waals surface area contributed by atoms with E-state index >= 15 is 0 Å². The second-order valence-electron chi connectivity index (χ2n) is 5.16. The summed E-state index contributed by atoms with van der Waals surface area (Å²) in [6.45, 7) is 4.14. The second-order valence-corrected chi connectivity index (χ2v) is 6.36. The van der Waals surface area contributed by atoms with Crippen LogP contribution < -0.4 is 5.32 Å². The third-order valence-electron chi connectivity index (χ3n) is 3.54. The van der Waals surface area contributed by atoms with Crippen LogP contribution in [0.2, 0.25) is 0 Å². The van der Waals surface area contributed by atoms with Gasteiger partial charge in [-0.05, 0) is 26.7 Å². The molecule has 1 aliphatic rings. The molecule has 1 fully saturated rings. The van der Waals surface area contributed by atoms with Gasteiger partial charge >= 0.3 is 5.97 Å². The van der Waals surface area contributed by atoms with Crippen molar-refractivity contribution in [2.24, 2.45) is 0 Å². The number of nitrogens with zero attached hydrogens (tertiary/aromatic N) is 1. The summed E-state index contributed by atoms with van der Waals surface area (Å²) in [7, 11) is 1.39. The molecule has 100 valence electrons. The molecule has 0 atom stereocenters. The summed E-state index contributed by atoms with van der Waals surface area (Å²) in [5.74, 6) is -0.356. The Morgan fingerprint density at radius 3 is 2.67 bits per heavy atom. The average Bonchev–Trinajstić information content (AvgIpc) is 2.69. The van der Waals surface area contributed by atoms with E-state index in [9.17, 15) is 4.79 Å². The van der Waals surface area contributed by atoms with E-state index in [1.165, 1.54) is 50.6 Å². The number of ether oxygens (including phenoxy) is 1. The predicted molar refractivity (Wildman–Crippen MR) is 73.3 cm³/mol. The van der Waals surface area contributed by atoms with Gasteiger partial charge in [-0.25, -0.2) is 9.78 Å².